The molecule has 1 atom stereocenters. The van der Waals surface area contributed by atoms with Crippen molar-refractivity contribution in [3.8, 4) is 5.75 Å². The summed E-state index contributed by atoms with van der Waals surface area (Å²) >= 11 is 1.63. The Kier molecular flexibility index (Phi) is 2.50. The van der Waals surface area contributed by atoms with Crippen LogP contribution in [0.2, 0.25) is 0 Å². The Balaban J connectivity index is 1.93. The number of hydrogen-bond donors (Lipinski definition) is 1. The molecule has 0 radical (unpaired) electrons. The minimum Gasteiger partial charge on any atom is -0.487 e. The van der Waals surface area contributed by atoms with Crippen LogP contribution in [0, 0.1) is 0 Å². The maximum absolute atomic E-state index is 11.1. The topological polar surface area (TPSA) is 49.8 Å². The predicted molar refractivity (Wildman–Crippen MR) is 64.8 cm³/mol. The Morgan fingerprint density at radius 2 is 2.35 bits per heavy atom. The Morgan fingerprint density at radius 1 is 1.59 bits per heavy atom. The van der Waals surface area contributed by atoms with Gasteiger partial charge in [-0.05, 0) is 31.1 Å². The third kappa shape index (κ3) is 1.99. The first-order valence-electron chi connectivity index (χ1n) is 5.90. The van der Waals surface area contributed by atoms with E-state index >= 15 is 0 Å². The van der Waals surface area contributed by atoms with E-state index in [1.165, 1.54) is 23.3 Å². The molecule has 1 N–H and O–H groups in total. The summed E-state index contributed by atoms with van der Waals surface area (Å²) in [7, 11) is 0. The minimum atomic E-state index is -0.866. The van der Waals surface area contributed by atoms with Crippen molar-refractivity contribution >= 4 is 17.4 Å². The second-order valence-electron chi connectivity index (χ2n) is 4.81. The molecule has 1 aromatic rings. The average molecular weight is 253 g/mol. The molecule has 1 unspecified atom stereocenters. The van der Waals surface area contributed by atoms with Crippen molar-refractivity contribution < 1.29 is 14.6 Å². The van der Waals surface area contributed by atoms with Gasteiger partial charge in [-0.25, -0.2) is 4.79 Å². The quantitative estimate of drug-likeness (QED) is 0.837. The lowest BCUT2D eigenvalue weighted by Crippen LogP contribution is -2.34. The standard InChI is InChI=1S/C12H15NO3S/c1-7-4-13(12(14)15)5-10-11(16-7)9(6-17-10)8-2-3-8/h6-8H,2-5H2,1H3,(H,14,15). The summed E-state index contributed by atoms with van der Waals surface area (Å²) in [5.74, 6) is 1.62. The van der Waals surface area contributed by atoms with Crippen molar-refractivity contribution in [2.75, 3.05) is 6.54 Å². The molecule has 2 aliphatic rings. The van der Waals surface area contributed by atoms with Crippen LogP contribution in [0.4, 0.5) is 4.79 Å². The molecule has 2 heterocycles. The van der Waals surface area contributed by atoms with Crippen LogP contribution in [0.1, 0.15) is 36.1 Å². The van der Waals surface area contributed by atoms with Gasteiger partial charge in [0.2, 0.25) is 0 Å². The van der Waals surface area contributed by atoms with Crippen LogP contribution < -0.4 is 4.74 Å². The fourth-order valence-electron chi connectivity index (χ4n) is 2.25. The second-order valence-corrected chi connectivity index (χ2v) is 5.77. The predicted octanol–water partition coefficient (Wildman–Crippen LogP) is 2.89. The van der Waals surface area contributed by atoms with Crippen molar-refractivity contribution in [3.63, 3.8) is 0 Å². The Hall–Kier alpha value is -1.23. The molecule has 1 aromatic heterocycles. The second kappa shape index (κ2) is 3.91. The van der Waals surface area contributed by atoms with Crippen molar-refractivity contribution in [2.24, 2.45) is 0 Å². The highest BCUT2D eigenvalue weighted by atomic mass is 32.1. The molecule has 1 saturated carbocycles. The van der Waals surface area contributed by atoms with Crippen LogP contribution in [0.5, 0.6) is 5.75 Å². The molecule has 1 aliphatic heterocycles. The number of hydrogen-bond acceptors (Lipinski definition) is 3. The van der Waals surface area contributed by atoms with Gasteiger partial charge in [0.05, 0.1) is 18.0 Å². The number of amides is 1. The van der Waals surface area contributed by atoms with E-state index in [1.54, 1.807) is 11.3 Å². The molecule has 1 aliphatic carbocycles. The molecule has 0 aromatic carbocycles. The van der Waals surface area contributed by atoms with Crippen LogP contribution in [-0.4, -0.2) is 28.7 Å². The smallest absolute Gasteiger partial charge is 0.407 e. The summed E-state index contributed by atoms with van der Waals surface area (Å²) < 4.78 is 5.92. The summed E-state index contributed by atoms with van der Waals surface area (Å²) in [6.07, 6.45) is 1.54. The number of carboxylic acid groups (broad SMARTS) is 1. The zero-order valence-corrected chi connectivity index (χ0v) is 10.5. The zero-order valence-electron chi connectivity index (χ0n) is 9.68. The minimum absolute atomic E-state index is 0.0700. The van der Waals surface area contributed by atoms with Crippen LogP contribution >= 0.6 is 11.3 Å². The van der Waals surface area contributed by atoms with Crippen LogP contribution in [-0.2, 0) is 6.54 Å². The van der Waals surface area contributed by atoms with Gasteiger partial charge in [-0.3, -0.25) is 4.90 Å². The van der Waals surface area contributed by atoms with E-state index in [-0.39, 0.29) is 6.10 Å². The maximum Gasteiger partial charge on any atom is 0.407 e. The van der Waals surface area contributed by atoms with Crippen LogP contribution in [0.3, 0.4) is 0 Å². The maximum atomic E-state index is 11.1. The van der Waals surface area contributed by atoms with Gasteiger partial charge < -0.3 is 9.84 Å². The van der Waals surface area contributed by atoms with Crippen molar-refractivity contribution in [1.29, 1.82) is 0 Å². The molecule has 1 amide bonds. The molecule has 4 nitrogen and oxygen atoms in total. The van der Waals surface area contributed by atoms with Gasteiger partial charge in [-0.2, -0.15) is 0 Å². The van der Waals surface area contributed by atoms with Gasteiger partial charge in [-0.15, -0.1) is 11.3 Å². The number of fused-ring (bicyclic) bond motifs is 1. The molecule has 0 saturated heterocycles. The van der Waals surface area contributed by atoms with E-state index in [4.69, 9.17) is 9.84 Å². The molecule has 1 fully saturated rings. The van der Waals surface area contributed by atoms with E-state index in [2.05, 4.69) is 5.38 Å². The van der Waals surface area contributed by atoms with E-state index in [0.717, 1.165) is 10.6 Å². The first-order valence-corrected chi connectivity index (χ1v) is 6.78. The summed E-state index contributed by atoms with van der Waals surface area (Å²) in [5, 5.41) is 11.2. The molecule has 17 heavy (non-hydrogen) atoms. The number of carbonyl (C=O) groups is 1. The molecule has 3 rings (SSSR count). The van der Waals surface area contributed by atoms with Crippen LogP contribution in [0.25, 0.3) is 0 Å². The number of thiophene rings is 1. The first-order chi connectivity index (χ1) is 8.15. The monoisotopic (exact) mass is 253 g/mol. The molecule has 0 bridgehead atoms. The molecule has 0 spiro atoms. The molecule has 5 heteroatoms. The Bertz CT molecular complexity index is 453. The summed E-state index contributed by atoms with van der Waals surface area (Å²) in [4.78, 5) is 13.6. The first kappa shape index (κ1) is 10.9. The van der Waals surface area contributed by atoms with E-state index in [0.29, 0.717) is 19.0 Å². The third-order valence-corrected chi connectivity index (χ3v) is 4.23. The summed E-state index contributed by atoms with van der Waals surface area (Å²) in [6.45, 7) is 2.84. The third-order valence-electron chi connectivity index (χ3n) is 3.26. The lowest BCUT2D eigenvalue weighted by molar-refractivity contribution is 0.121. The highest BCUT2D eigenvalue weighted by Gasteiger charge is 2.33. The largest absolute Gasteiger partial charge is 0.487 e. The molecular weight excluding hydrogens is 238 g/mol. The average Bonchev–Trinajstić information content (AvgIpc) is 3.05. The van der Waals surface area contributed by atoms with Crippen molar-refractivity contribution in [1.82, 2.24) is 4.90 Å². The lowest BCUT2D eigenvalue weighted by Gasteiger charge is -2.18. The highest BCUT2D eigenvalue weighted by molar-refractivity contribution is 7.10. The van der Waals surface area contributed by atoms with Crippen molar-refractivity contribution in [3.05, 3.63) is 15.8 Å². The highest BCUT2D eigenvalue weighted by Crippen LogP contribution is 2.48. The van der Waals surface area contributed by atoms with Gasteiger partial charge >= 0.3 is 6.09 Å². The molecule has 92 valence electrons. The zero-order chi connectivity index (χ0) is 12.0. The Morgan fingerprint density at radius 3 is 3.00 bits per heavy atom. The van der Waals surface area contributed by atoms with E-state index < -0.39 is 6.09 Å². The summed E-state index contributed by atoms with van der Waals surface area (Å²) in [5.41, 5.74) is 1.30. The lowest BCUT2D eigenvalue weighted by atomic mass is 10.2. The Labute approximate surface area is 104 Å². The molecular formula is C12H15NO3S. The van der Waals surface area contributed by atoms with Crippen molar-refractivity contribution in [2.45, 2.75) is 38.3 Å². The summed E-state index contributed by atoms with van der Waals surface area (Å²) in [6, 6.07) is 0. The fourth-order valence-corrected chi connectivity index (χ4v) is 3.33. The van der Waals surface area contributed by atoms with Gasteiger partial charge in [0.1, 0.15) is 11.9 Å². The number of nitrogens with zero attached hydrogens (tertiary/aromatic N) is 1. The van der Waals surface area contributed by atoms with Gasteiger partial charge in [0.25, 0.3) is 0 Å². The van der Waals surface area contributed by atoms with Gasteiger partial charge in [-0.1, -0.05) is 0 Å². The fraction of sp³-hybridized carbons (Fsp3) is 0.583. The van der Waals surface area contributed by atoms with E-state index in [9.17, 15) is 4.79 Å². The van der Waals surface area contributed by atoms with Crippen LogP contribution in [0.15, 0.2) is 5.38 Å². The number of rotatable bonds is 1. The number of ether oxygens (including phenoxy) is 1. The van der Waals surface area contributed by atoms with E-state index in [1.807, 2.05) is 6.92 Å². The normalized spacial score (nSPS) is 23.8. The van der Waals surface area contributed by atoms with Gasteiger partial charge in [0, 0.05) is 5.56 Å². The SMILES string of the molecule is CC1CN(C(=O)O)Cc2scc(C3CC3)c2O1. The van der Waals surface area contributed by atoms with Gasteiger partial charge in [0.15, 0.2) is 0 Å².